The van der Waals surface area contributed by atoms with Crippen LogP contribution < -0.4 is 4.74 Å². The minimum Gasteiger partial charge on any atom is -0.497 e. The summed E-state index contributed by atoms with van der Waals surface area (Å²) in [6.07, 6.45) is 2.06. The Hall–Kier alpha value is -2.12. The molecule has 0 bridgehead atoms. The summed E-state index contributed by atoms with van der Waals surface area (Å²) in [5.41, 5.74) is 0.916. The molecular weight excluding hydrogens is 352 g/mol. The number of benzene rings is 1. The van der Waals surface area contributed by atoms with Crippen molar-refractivity contribution in [3.8, 4) is 16.3 Å². The van der Waals surface area contributed by atoms with Gasteiger partial charge < -0.3 is 14.7 Å². The highest BCUT2D eigenvalue weighted by molar-refractivity contribution is 7.16. The third-order valence-electron chi connectivity index (χ3n) is 3.88. The summed E-state index contributed by atoms with van der Waals surface area (Å²) in [6.45, 7) is 0.746. The van der Waals surface area contributed by atoms with E-state index in [9.17, 15) is 9.59 Å². The largest absolute Gasteiger partial charge is 0.497 e. The van der Waals surface area contributed by atoms with Gasteiger partial charge in [0.25, 0.3) is 5.91 Å². The van der Waals surface area contributed by atoms with E-state index in [1.54, 1.807) is 18.2 Å². The first-order valence-corrected chi connectivity index (χ1v) is 8.02. The van der Waals surface area contributed by atoms with Crippen molar-refractivity contribution in [1.82, 2.24) is 9.88 Å². The Morgan fingerprint density at radius 1 is 1.33 bits per heavy atom. The second kappa shape index (κ2) is 7.63. The first kappa shape index (κ1) is 18.2. The zero-order valence-electron chi connectivity index (χ0n) is 13.0. The molecule has 1 fully saturated rings. The number of halogens is 1. The van der Waals surface area contributed by atoms with Gasteiger partial charge in [-0.05, 0) is 30.7 Å². The van der Waals surface area contributed by atoms with E-state index in [0.717, 1.165) is 16.3 Å². The third-order valence-corrected chi connectivity index (χ3v) is 4.91. The summed E-state index contributed by atoms with van der Waals surface area (Å²) in [5.74, 6) is -0.694. The van der Waals surface area contributed by atoms with Crippen LogP contribution >= 0.6 is 23.7 Å². The second-order valence-corrected chi connectivity index (χ2v) is 6.36. The van der Waals surface area contributed by atoms with Crippen molar-refractivity contribution in [3.05, 3.63) is 35.3 Å². The van der Waals surface area contributed by atoms with Crippen LogP contribution in [0.25, 0.3) is 10.6 Å². The number of nitrogens with zero attached hydrogens (tertiary/aromatic N) is 2. The number of hydrogen-bond donors (Lipinski definition) is 1. The molecule has 1 atom stereocenters. The van der Waals surface area contributed by atoms with Crippen LogP contribution in [-0.4, -0.2) is 47.1 Å². The fourth-order valence-corrected chi connectivity index (χ4v) is 3.43. The van der Waals surface area contributed by atoms with Crippen LogP contribution in [0.5, 0.6) is 5.75 Å². The van der Waals surface area contributed by atoms with Crippen LogP contribution in [0.4, 0.5) is 0 Å². The summed E-state index contributed by atoms with van der Waals surface area (Å²) in [5, 5.41) is 9.78. The van der Waals surface area contributed by atoms with Gasteiger partial charge in [0.15, 0.2) is 0 Å². The van der Waals surface area contributed by atoms with Crippen molar-refractivity contribution in [3.63, 3.8) is 0 Å². The van der Waals surface area contributed by atoms with Crippen molar-refractivity contribution in [2.24, 2.45) is 5.92 Å². The maximum absolute atomic E-state index is 12.4. The van der Waals surface area contributed by atoms with E-state index in [4.69, 9.17) is 9.84 Å². The number of rotatable bonds is 4. The van der Waals surface area contributed by atoms with Gasteiger partial charge >= 0.3 is 5.97 Å². The van der Waals surface area contributed by atoms with Crippen LogP contribution in [0.15, 0.2) is 30.5 Å². The van der Waals surface area contributed by atoms with Crippen LogP contribution in [0.1, 0.15) is 16.1 Å². The highest BCUT2D eigenvalue weighted by atomic mass is 35.5. The average Bonchev–Trinajstić information content (AvgIpc) is 3.24. The van der Waals surface area contributed by atoms with Crippen molar-refractivity contribution in [2.75, 3.05) is 20.2 Å². The van der Waals surface area contributed by atoms with Crippen LogP contribution in [0.3, 0.4) is 0 Å². The topological polar surface area (TPSA) is 79.7 Å². The molecule has 8 heteroatoms. The number of aliphatic carboxylic acids is 1. The van der Waals surface area contributed by atoms with E-state index in [1.165, 1.54) is 11.3 Å². The van der Waals surface area contributed by atoms with Crippen molar-refractivity contribution < 1.29 is 19.4 Å². The smallest absolute Gasteiger partial charge is 0.308 e. The molecule has 1 aromatic heterocycles. The van der Waals surface area contributed by atoms with Crippen LogP contribution in [-0.2, 0) is 4.79 Å². The summed E-state index contributed by atoms with van der Waals surface area (Å²) >= 11 is 1.31. The molecule has 128 valence electrons. The zero-order valence-corrected chi connectivity index (χ0v) is 14.6. The third kappa shape index (κ3) is 3.68. The normalized spacial score (nSPS) is 16.5. The van der Waals surface area contributed by atoms with E-state index < -0.39 is 11.9 Å². The van der Waals surface area contributed by atoms with Crippen molar-refractivity contribution in [1.29, 1.82) is 0 Å². The number of carbonyl (C=O) groups excluding carboxylic acids is 1. The van der Waals surface area contributed by atoms with E-state index >= 15 is 0 Å². The molecule has 1 aromatic carbocycles. The number of thiazole rings is 1. The van der Waals surface area contributed by atoms with Crippen molar-refractivity contribution >= 4 is 35.6 Å². The number of amides is 1. The SMILES string of the molecule is COc1ccc(-c2ncc(C(=O)N3CCC(C(=O)O)C3)s2)cc1.Cl. The fraction of sp³-hybridized carbons (Fsp3) is 0.312. The Morgan fingerprint density at radius 3 is 2.62 bits per heavy atom. The molecule has 2 heterocycles. The summed E-state index contributed by atoms with van der Waals surface area (Å²) in [4.78, 5) is 29.9. The number of methoxy groups -OCH3 is 1. The summed E-state index contributed by atoms with van der Waals surface area (Å²) in [6, 6.07) is 7.47. The molecule has 3 rings (SSSR count). The van der Waals surface area contributed by atoms with Crippen molar-refractivity contribution in [2.45, 2.75) is 6.42 Å². The summed E-state index contributed by atoms with van der Waals surface area (Å²) in [7, 11) is 1.61. The van der Waals surface area contributed by atoms with Crippen LogP contribution in [0, 0.1) is 5.92 Å². The van der Waals surface area contributed by atoms with E-state index in [1.807, 2.05) is 24.3 Å². The lowest BCUT2D eigenvalue weighted by Crippen LogP contribution is -2.29. The maximum Gasteiger partial charge on any atom is 0.308 e. The van der Waals surface area contributed by atoms with Gasteiger partial charge in [0.2, 0.25) is 0 Å². The van der Waals surface area contributed by atoms with Gasteiger partial charge in [-0.15, -0.1) is 23.7 Å². The highest BCUT2D eigenvalue weighted by Crippen LogP contribution is 2.28. The summed E-state index contributed by atoms with van der Waals surface area (Å²) < 4.78 is 5.12. The minimum atomic E-state index is -0.844. The molecule has 1 amide bonds. The maximum atomic E-state index is 12.4. The fourth-order valence-electron chi connectivity index (χ4n) is 2.54. The Bertz CT molecular complexity index is 732. The van der Waals surface area contributed by atoms with Gasteiger partial charge in [0.1, 0.15) is 15.6 Å². The first-order chi connectivity index (χ1) is 11.1. The number of ether oxygens (including phenoxy) is 1. The number of aromatic nitrogens is 1. The molecule has 24 heavy (non-hydrogen) atoms. The van der Waals surface area contributed by atoms with Crippen LogP contribution in [0.2, 0.25) is 0 Å². The Morgan fingerprint density at radius 2 is 2.04 bits per heavy atom. The predicted molar refractivity (Wildman–Crippen MR) is 93.0 cm³/mol. The molecule has 1 aliphatic heterocycles. The quantitative estimate of drug-likeness (QED) is 0.897. The molecule has 6 nitrogen and oxygen atoms in total. The van der Waals surface area contributed by atoms with Gasteiger partial charge in [0, 0.05) is 18.7 Å². The lowest BCUT2D eigenvalue weighted by atomic mass is 10.1. The molecular formula is C16H17ClN2O4S. The Balaban J connectivity index is 0.00000208. The van der Waals surface area contributed by atoms with Gasteiger partial charge in [0.05, 0.1) is 19.2 Å². The lowest BCUT2D eigenvalue weighted by Gasteiger charge is -2.13. The minimum absolute atomic E-state index is 0. The zero-order chi connectivity index (χ0) is 16.4. The number of hydrogen-bond acceptors (Lipinski definition) is 5. The monoisotopic (exact) mass is 368 g/mol. The van der Waals surface area contributed by atoms with E-state index in [2.05, 4.69) is 4.98 Å². The number of carboxylic acids is 1. The molecule has 0 spiro atoms. The molecule has 0 saturated carbocycles. The Labute approximate surface area is 149 Å². The van der Waals surface area contributed by atoms with Gasteiger partial charge in [-0.3, -0.25) is 9.59 Å². The number of carboxylic acid groups (broad SMARTS) is 1. The Kier molecular flexibility index (Phi) is 5.80. The molecule has 1 N–H and O–H groups in total. The lowest BCUT2D eigenvalue weighted by molar-refractivity contribution is -0.141. The van der Waals surface area contributed by atoms with Gasteiger partial charge in [-0.1, -0.05) is 0 Å². The molecule has 2 aromatic rings. The van der Waals surface area contributed by atoms with Gasteiger partial charge in [-0.25, -0.2) is 4.98 Å². The number of carbonyl (C=O) groups is 2. The molecule has 1 unspecified atom stereocenters. The second-order valence-electron chi connectivity index (χ2n) is 5.33. The standard InChI is InChI=1S/C16H16N2O4S.ClH/c1-22-12-4-2-10(3-5-12)14-17-8-13(23-14)15(19)18-7-6-11(9-18)16(20)21;/h2-5,8,11H,6-7,9H2,1H3,(H,20,21);1H. The van der Waals surface area contributed by atoms with Gasteiger partial charge in [-0.2, -0.15) is 0 Å². The first-order valence-electron chi connectivity index (χ1n) is 7.21. The highest BCUT2D eigenvalue weighted by Gasteiger charge is 2.32. The molecule has 1 aliphatic rings. The molecule has 1 saturated heterocycles. The van der Waals surface area contributed by atoms with E-state index in [-0.39, 0.29) is 24.9 Å². The predicted octanol–water partition coefficient (Wildman–Crippen LogP) is 2.79. The van der Waals surface area contributed by atoms with E-state index in [0.29, 0.717) is 17.8 Å². The molecule has 0 radical (unpaired) electrons. The molecule has 0 aliphatic carbocycles. The number of likely N-dealkylation sites (tertiary alicyclic amines) is 1. The average molecular weight is 369 g/mol.